The van der Waals surface area contributed by atoms with E-state index in [-0.39, 0.29) is 12.5 Å². The van der Waals surface area contributed by atoms with Crippen molar-refractivity contribution in [2.75, 3.05) is 11.1 Å². The highest BCUT2D eigenvalue weighted by atomic mass is 32.1. The van der Waals surface area contributed by atoms with Crippen molar-refractivity contribution in [1.82, 2.24) is 14.8 Å². The van der Waals surface area contributed by atoms with E-state index in [1.807, 2.05) is 19.2 Å². The van der Waals surface area contributed by atoms with Gasteiger partial charge in [-0.05, 0) is 19.8 Å². The van der Waals surface area contributed by atoms with Crippen LogP contribution in [0.1, 0.15) is 36.8 Å². The number of nitrogens with zero attached hydrogens (tertiary/aromatic N) is 3. The molecule has 3 N–H and O–H groups in total. The SMILES string of the molecule is Cc1nn(CC(=O)Nc2nc(C(C)C)cs2)c(C)c1N. The number of thiazole rings is 1. The van der Waals surface area contributed by atoms with E-state index in [1.165, 1.54) is 11.3 Å². The number of nitrogens with one attached hydrogen (secondary N) is 1. The Kier molecular flexibility index (Phi) is 4.08. The second-order valence-electron chi connectivity index (χ2n) is 5.02. The number of carbonyl (C=O) groups excluding carboxylic acids is 1. The molecule has 108 valence electrons. The van der Waals surface area contributed by atoms with Gasteiger partial charge in [0.1, 0.15) is 6.54 Å². The smallest absolute Gasteiger partial charge is 0.247 e. The minimum Gasteiger partial charge on any atom is -0.396 e. The number of hydrogen-bond acceptors (Lipinski definition) is 5. The van der Waals surface area contributed by atoms with Crippen LogP contribution in [0.25, 0.3) is 0 Å². The number of hydrogen-bond donors (Lipinski definition) is 2. The van der Waals surface area contributed by atoms with Crippen molar-refractivity contribution >= 4 is 28.1 Å². The zero-order valence-electron chi connectivity index (χ0n) is 12.1. The van der Waals surface area contributed by atoms with Gasteiger partial charge in [-0.2, -0.15) is 5.10 Å². The van der Waals surface area contributed by atoms with Crippen molar-refractivity contribution in [3.05, 3.63) is 22.5 Å². The van der Waals surface area contributed by atoms with Gasteiger partial charge in [0.2, 0.25) is 5.91 Å². The molecular weight excluding hydrogens is 274 g/mol. The first-order valence-corrected chi connectivity index (χ1v) is 7.31. The number of carbonyl (C=O) groups is 1. The summed E-state index contributed by atoms with van der Waals surface area (Å²) in [7, 11) is 0. The third kappa shape index (κ3) is 2.98. The minimum atomic E-state index is -0.153. The molecule has 0 aliphatic carbocycles. The number of rotatable bonds is 4. The standard InChI is InChI=1S/C13H19N5OS/c1-7(2)10-6-20-13(15-10)16-11(19)5-18-9(4)12(14)8(3)17-18/h6-7H,5,14H2,1-4H3,(H,15,16,19). The monoisotopic (exact) mass is 293 g/mol. The number of amides is 1. The van der Waals surface area contributed by atoms with Crippen LogP contribution in [-0.2, 0) is 11.3 Å². The lowest BCUT2D eigenvalue weighted by Gasteiger charge is -2.04. The zero-order valence-corrected chi connectivity index (χ0v) is 12.9. The van der Waals surface area contributed by atoms with Crippen LogP contribution in [0.3, 0.4) is 0 Å². The Morgan fingerprint density at radius 2 is 2.20 bits per heavy atom. The van der Waals surface area contributed by atoms with E-state index in [2.05, 4.69) is 29.2 Å². The predicted octanol–water partition coefficient (Wildman–Crippen LogP) is 2.30. The molecule has 2 aromatic heterocycles. The second-order valence-corrected chi connectivity index (χ2v) is 5.88. The number of aromatic nitrogens is 3. The first-order valence-electron chi connectivity index (χ1n) is 6.43. The van der Waals surface area contributed by atoms with Crippen LogP contribution < -0.4 is 11.1 Å². The van der Waals surface area contributed by atoms with Crippen molar-refractivity contribution in [3.63, 3.8) is 0 Å². The van der Waals surface area contributed by atoms with Crippen molar-refractivity contribution in [1.29, 1.82) is 0 Å². The molecule has 2 aromatic rings. The van der Waals surface area contributed by atoms with E-state index in [0.717, 1.165) is 17.1 Å². The molecule has 0 saturated carbocycles. The van der Waals surface area contributed by atoms with Crippen LogP contribution in [0, 0.1) is 13.8 Å². The molecule has 0 spiro atoms. The Bertz CT molecular complexity index is 629. The van der Waals surface area contributed by atoms with E-state index >= 15 is 0 Å². The van der Waals surface area contributed by atoms with Crippen molar-refractivity contribution < 1.29 is 4.79 Å². The number of aryl methyl sites for hydroxylation is 1. The lowest BCUT2D eigenvalue weighted by molar-refractivity contribution is -0.116. The lowest BCUT2D eigenvalue weighted by Crippen LogP contribution is -2.20. The van der Waals surface area contributed by atoms with Crippen molar-refractivity contribution in [3.8, 4) is 0 Å². The van der Waals surface area contributed by atoms with Crippen molar-refractivity contribution in [2.45, 2.75) is 40.2 Å². The Balaban J connectivity index is 2.03. The molecule has 0 bridgehead atoms. The van der Waals surface area contributed by atoms with Gasteiger partial charge >= 0.3 is 0 Å². The lowest BCUT2D eigenvalue weighted by atomic mass is 10.2. The molecule has 0 aliphatic rings. The molecule has 0 fully saturated rings. The average Bonchev–Trinajstić information content (AvgIpc) is 2.92. The number of nitrogens with two attached hydrogens (primary N) is 1. The van der Waals surface area contributed by atoms with E-state index in [9.17, 15) is 4.79 Å². The summed E-state index contributed by atoms with van der Waals surface area (Å²) in [6.07, 6.45) is 0. The van der Waals surface area contributed by atoms with Crippen LogP contribution in [0.15, 0.2) is 5.38 Å². The summed E-state index contributed by atoms with van der Waals surface area (Å²) >= 11 is 1.43. The first kappa shape index (κ1) is 14.5. The van der Waals surface area contributed by atoms with Gasteiger partial charge in [-0.3, -0.25) is 9.48 Å². The molecule has 7 heteroatoms. The van der Waals surface area contributed by atoms with Gasteiger partial charge in [-0.15, -0.1) is 11.3 Å². The van der Waals surface area contributed by atoms with Gasteiger partial charge in [0.15, 0.2) is 5.13 Å². The molecule has 0 unspecified atom stereocenters. The topological polar surface area (TPSA) is 85.8 Å². The average molecular weight is 293 g/mol. The molecule has 20 heavy (non-hydrogen) atoms. The third-order valence-electron chi connectivity index (χ3n) is 3.09. The van der Waals surface area contributed by atoms with Crippen LogP contribution in [0.2, 0.25) is 0 Å². The molecular formula is C13H19N5OS. The molecule has 6 nitrogen and oxygen atoms in total. The molecule has 1 amide bonds. The molecule has 0 aliphatic heterocycles. The first-order chi connectivity index (χ1) is 9.38. The van der Waals surface area contributed by atoms with Gasteiger partial charge in [-0.25, -0.2) is 4.98 Å². The Morgan fingerprint density at radius 3 is 2.70 bits per heavy atom. The van der Waals surface area contributed by atoms with Gasteiger partial charge in [-0.1, -0.05) is 13.8 Å². The minimum absolute atomic E-state index is 0.139. The molecule has 2 heterocycles. The fourth-order valence-corrected chi connectivity index (χ4v) is 2.66. The maximum absolute atomic E-state index is 12.0. The van der Waals surface area contributed by atoms with Crippen LogP contribution in [0.4, 0.5) is 10.8 Å². The van der Waals surface area contributed by atoms with Gasteiger partial charge < -0.3 is 11.1 Å². The highest BCUT2D eigenvalue weighted by Crippen LogP contribution is 2.21. The Labute approximate surface area is 122 Å². The summed E-state index contributed by atoms with van der Waals surface area (Å²) in [6.45, 7) is 7.95. The zero-order chi connectivity index (χ0) is 14.9. The van der Waals surface area contributed by atoms with Crippen molar-refractivity contribution in [2.24, 2.45) is 0 Å². The van der Waals surface area contributed by atoms with E-state index in [1.54, 1.807) is 4.68 Å². The maximum Gasteiger partial charge on any atom is 0.247 e. The molecule has 0 radical (unpaired) electrons. The second kappa shape index (κ2) is 5.62. The summed E-state index contributed by atoms with van der Waals surface area (Å²) in [6, 6.07) is 0. The van der Waals surface area contributed by atoms with Crippen LogP contribution >= 0.6 is 11.3 Å². The number of nitrogen functional groups attached to an aromatic ring is 1. The molecule has 0 saturated heterocycles. The Hall–Kier alpha value is -1.89. The fraction of sp³-hybridized carbons (Fsp3) is 0.462. The van der Waals surface area contributed by atoms with E-state index < -0.39 is 0 Å². The summed E-state index contributed by atoms with van der Waals surface area (Å²) in [4.78, 5) is 16.4. The predicted molar refractivity (Wildman–Crippen MR) is 80.9 cm³/mol. The van der Waals surface area contributed by atoms with E-state index in [0.29, 0.717) is 16.7 Å². The molecule has 0 aromatic carbocycles. The fourth-order valence-electron chi connectivity index (χ4n) is 1.77. The summed E-state index contributed by atoms with van der Waals surface area (Å²) in [5, 5.41) is 9.61. The number of anilines is 2. The highest BCUT2D eigenvalue weighted by Gasteiger charge is 2.13. The van der Waals surface area contributed by atoms with Gasteiger partial charge in [0.25, 0.3) is 0 Å². The quantitative estimate of drug-likeness (QED) is 0.905. The normalized spacial score (nSPS) is 11.1. The summed E-state index contributed by atoms with van der Waals surface area (Å²) in [5.41, 5.74) is 9.01. The Morgan fingerprint density at radius 1 is 1.50 bits per heavy atom. The molecule has 2 rings (SSSR count). The molecule has 0 atom stereocenters. The van der Waals surface area contributed by atoms with Crippen LogP contribution in [0.5, 0.6) is 0 Å². The largest absolute Gasteiger partial charge is 0.396 e. The highest BCUT2D eigenvalue weighted by molar-refractivity contribution is 7.13. The van der Waals surface area contributed by atoms with Crippen LogP contribution in [-0.4, -0.2) is 20.7 Å². The van der Waals surface area contributed by atoms with Gasteiger partial charge in [0.05, 0.1) is 22.8 Å². The maximum atomic E-state index is 12.0. The summed E-state index contributed by atoms with van der Waals surface area (Å²) in [5.74, 6) is 0.202. The van der Waals surface area contributed by atoms with E-state index in [4.69, 9.17) is 5.73 Å². The third-order valence-corrected chi connectivity index (χ3v) is 3.87. The summed E-state index contributed by atoms with van der Waals surface area (Å²) < 4.78 is 1.61. The van der Waals surface area contributed by atoms with Gasteiger partial charge in [0, 0.05) is 5.38 Å².